The van der Waals surface area contributed by atoms with E-state index in [9.17, 15) is 9.90 Å². The Morgan fingerprint density at radius 1 is 1.45 bits per heavy atom. The van der Waals surface area contributed by atoms with Gasteiger partial charge in [0.1, 0.15) is 0 Å². The number of likely N-dealkylation sites (N-methyl/N-ethyl adjacent to an activating group) is 1. The van der Waals surface area contributed by atoms with Gasteiger partial charge in [0.2, 0.25) is 0 Å². The third kappa shape index (κ3) is 6.00. The molecule has 3 atom stereocenters. The zero-order chi connectivity index (χ0) is 15.0. The highest BCUT2D eigenvalue weighted by Gasteiger charge is 2.19. The van der Waals surface area contributed by atoms with E-state index in [1.807, 2.05) is 20.9 Å². The van der Waals surface area contributed by atoms with Crippen molar-refractivity contribution in [1.82, 2.24) is 10.4 Å². The fourth-order valence-electron chi connectivity index (χ4n) is 1.98. The van der Waals surface area contributed by atoms with E-state index in [-0.39, 0.29) is 17.9 Å². The van der Waals surface area contributed by atoms with Crippen LogP contribution in [0.1, 0.15) is 20.3 Å². The second-order valence-corrected chi connectivity index (χ2v) is 5.14. The zero-order valence-corrected chi connectivity index (χ0v) is 12.5. The van der Waals surface area contributed by atoms with Gasteiger partial charge >= 0.3 is 5.97 Å². The number of morpholine rings is 1. The topological polar surface area (TPSA) is 71.0 Å². The van der Waals surface area contributed by atoms with Crippen LogP contribution in [0.2, 0.25) is 0 Å². The number of hydroxylamine groups is 2. The smallest absolute Gasteiger partial charge is 0.349 e. The monoisotopic (exact) mass is 286 g/mol. The van der Waals surface area contributed by atoms with Gasteiger partial charge < -0.3 is 20.0 Å². The first-order chi connectivity index (χ1) is 9.54. The molecular formula is C14H26N2O4. The van der Waals surface area contributed by atoms with E-state index in [2.05, 4.69) is 5.32 Å². The normalized spacial score (nSPS) is 21.6. The van der Waals surface area contributed by atoms with Gasteiger partial charge in [0, 0.05) is 12.1 Å². The SMILES string of the molecule is CNC(C)C(O)C(C)CC=CC(=O)ON1CCOCC1. The molecule has 1 heterocycles. The third-order valence-corrected chi connectivity index (χ3v) is 3.50. The Kier molecular flexibility index (Phi) is 7.76. The number of carbonyl (C=O) groups excluding carboxylic acids is 1. The van der Waals surface area contributed by atoms with Gasteiger partial charge in [-0.1, -0.05) is 13.0 Å². The highest BCUT2D eigenvalue weighted by atomic mass is 16.7. The zero-order valence-electron chi connectivity index (χ0n) is 12.5. The summed E-state index contributed by atoms with van der Waals surface area (Å²) in [5.41, 5.74) is 0. The molecule has 6 nitrogen and oxygen atoms in total. The largest absolute Gasteiger partial charge is 0.391 e. The maximum absolute atomic E-state index is 11.6. The van der Waals surface area contributed by atoms with Gasteiger partial charge in [-0.2, -0.15) is 0 Å². The summed E-state index contributed by atoms with van der Waals surface area (Å²) in [6.07, 6.45) is 3.35. The first-order valence-corrected chi connectivity index (χ1v) is 7.11. The van der Waals surface area contributed by atoms with Crippen LogP contribution in [0.4, 0.5) is 0 Å². The number of ether oxygens (including phenoxy) is 1. The van der Waals surface area contributed by atoms with Crippen molar-refractivity contribution in [3.8, 4) is 0 Å². The number of nitrogens with zero attached hydrogens (tertiary/aromatic N) is 1. The van der Waals surface area contributed by atoms with Crippen LogP contribution in [0.15, 0.2) is 12.2 Å². The number of aliphatic hydroxyl groups excluding tert-OH is 1. The molecular weight excluding hydrogens is 260 g/mol. The van der Waals surface area contributed by atoms with E-state index in [0.29, 0.717) is 32.7 Å². The Morgan fingerprint density at radius 2 is 2.10 bits per heavy atom. The molecule has 2 N–H and O–H groups in total. The highest BCUT2D eigenvalue weighted by Crippen LogP contribution is 2.12. The van der Waals surface area contributed by atoms with Crippen molar-refractivity contribution >= 4 is 5.97 Å². The number of allylic oxidation sites excluding steroid dienone is 1. The van der Waals surface area contributed by atoms with Crippen LogP contribution in [-0.4, -0.2) is 61.6 Å². The lowest BCUT2D eigenvalue weighted by atomic mass is 9.95. The summed E-state index contributed by atoms with van der Waals surface area (Å²) in [5.74, 6) is -0.305. The average molecular weight is 286 g/mol. The molecule has 0 spiro atoms. The molecule has 116 valence electrons. The molecule has 1 saturated heterocycles. The highest BCUT2D eigenvalue weighted by molar-refractivity contribution is 5.81. The molecule has 6 heteroatoms. The van der Waals surface area contributed by atoms with Gasteiger partial charge in [0.25, 0.3) is 0 Å². The Bertz CT molecular complexity index is 316. The quantitative estimate of drug-likeness (QED) is 0.657. The fourth-order valence-corrected chi connectivity index (χ4v) is 1.98. The van der Waals surface area contributed by atoms with E-state index in [1.165, 1.54) is 6.08 Å². The van der Waals surface area contributed by atoms with Crippen molar-refractivity contribution < 1.29 is 19.5 Å². The summed E-state index contributed by atoms with van der Waals surface area (Å²) in [6.45, 7) is 6.26. The molecule has 0 bridgehead atoms. The van der Waals surface area contributed by atoms with Crippen molar-refractivity contribution in [2.75, 3.05) is 33.4 Å². The van der Waals surface area contributed by atoms with Crippen LogP contribution in [0.5, 0.6) is 0 Å². The Labute approximate surface area is 120 Å². The van der Waals surface area contributed by atoms with Crippen molar-refractivity contribution in [3.63, 3.8) is 0 Å². The van der Waals surface area contributed by atoms with Crippen molar-refractivity contribution in [3.05, 3.63) is 12.2 Å². The van der Waals surface area contributed by atoms with Crippen LogP contribution >= 0.6 is 0 Å². The van der Waals surface area contributed by atoms with Crippen LogP contribution in [0, 0.1) is 5.92 Å². The summed E-state index contributed by atoms with van der Waals surface area (Å²) in [4.78, 5) is 16.7. The standard InChI is InChI=1S/C14H26N2O4/c1-11(14(18)12(2)15-3)5-4-6-13(17)20-16-7-9-19-10-8-16/h4,6,11-12,14-15,18H,5,7-10H2,1-3H3. The van der Waals surface area contributed by atoms with Crippen molar-refractivity contribution in [2.45, 2.75) is 32.4 Å². The van der Waals surface area contributed by atoms with Gasteiger partial charge in [-0.05, 0) is 26.3 Å². The van der Waals surface area contributed by atoms with E-state index < -0.39 is 6.10 Å². The van der Waals surface area contributed by atoms with Crippen molar-refractivity contribution in [1.29, 1.82) is 0 Å². The first kappa shape index (κ1) is 17.1. The van der Waals surface area contributed by atoms with E-state index in [1.54, 1.807) is 11.1 Å². The van der Waals surface area contributed by atoms with Crippen LogP contribution in [0.25, 0.3) is 0 Å². The van der Waals surface area contributed by atoms with Gasteiger partial charge in [-0.3, -0.25) is 0 Å². The molecule has 0 radical (unpaired) electrons. The molecule has 0 aliphatic carbocycles. The van der Waals surface area contributed by atoms with Crippen LogP contribution in [-0.2, 0) is 14.4 Å². The Morgan fingerprint density at radius 3 is 2.70 bits per heavy atom. The summed E-state index contributed by atoms with van der Waals surface area (Å²) in [5, 5.41) is 14.6. The minimum Gasteiger partial charge on any atom is -0.391 e. The van der Waals surface area contributed by atoms with Gasteiger partial charge in [0.05, 0.1) is 32.4 Å². The Balaban J connectivity index is 2.27. The lowest BCUT2D eigenvalue weighted by molar-refractivity contribution is -0.199. The number of carbonyl (C=O) groups is 1. The molecule has 20 heavy (non-hydrogen) atoms. The molecule has 0 aromatic rings. The minimum absolute atomic E-state index is 0.0266. The number of aliphatic hydroxyl groups is 1. The lowest BCUT2D eigenvalue weighted by Gasteiger charge is -2.24. The number of rotatable bonds is 7. The molecule has 0 aromatic heterocycles. The number of nitrogens with one attached hydrogen (secondary N) is 1. The molecule has 1 aliphatic rings. The van der Waals surface area contributed by atoms with Gasteiger partial charge in [-0.25, -0.2) is 4.79 Å². The molecule has 0 saturated carbocycles. The molecule has 3 unspecified atom stereocenters. The second kappa shape index (κ2) is 9.07. The van der Waals surface area contributed by atoms with Crippen LogP contribution < -0.4 is 5.32 Å². The second-order valence-electron chi connectivity index (χ2n) is 5.14. The van der Waals surface area contributed by atoms with Gasteiger partial charge in [-0.15, -0.1) is 5.06 Å². The van der Waals surface area contributed by atoms with E-state index >= 15 is 0 Å². The maximum Gasteiger partial charge on any atom is 0.349 e. The number of hydrogen-bond acceptors (Lipinski definition) is 6. The average Bonchev–Trinajstić information content (AvgIpc) is 2.46. The summed E-state index contributed by atoms with van der Waals surface area (Å²) < 4.78 is 5.17. The summed E-state index contributed by atoms with van der Waals surface area (Å²) in [6, 6.07) is 0.0266. The lowest BCUT2D eigenvalue weighted by Crippen LogP contribution is -2.38. The molecule has 0 aromatic carbocycles. The molecule has 1 aliphatic heterocycles. The van der Waals surface area contributed by atoms with E-state index in [4.69, 9.17) is 9.57 Å². The van der Waals surface area contributed by atoms with E-state index in [0.717, 1.165) is 0 Å². The molecule has 1 fully saturated rings. The predicted molar refractivity (Wildman–Crippen MR) is 75.9 cm³/mol. The van der Waals surface area contributed by atoms with Crippen LogP contribution in [0.3, 0.4) is 0 Å². The number of hydrogen-bond donors (Lipinski definition) is 2. The first-order valence-electron chi connectivity index (χ1n) is 7.11. The maximum atomic E-state index is 11.6. The van der Waals surface area contributed by atoms with Gasteiger partial charge in [0.15, 0.2) is 0 Å². The Hall–Kier alpha value is -0.950. The fraction of sp³-hybridized carbons (Fsp3) is 0.786. The molecule has 1 rings (SSSR count). The van der Waals surface area contributed by atoms with Crippen molar-refractivity contribution in [2.24, 2.45) is 5.92 Å². The summed E-state index contributed by atoms with van der Waals surface area (Å²) >= 11 is 0. The minimum atomic E-state index is -0.445. The third-order valence-electron chi connectivity index (χ3n) is 3.50. The summed E-state index contributed by atoms with van der Waals surface area (Å²) in [7, 11) is 1.82. The molecule has 0 amide bonds. The predicted octanol–water partition coefficient (Wildman–Crippen LogP) is 0.328.